The van der Waals surface area contributed by atoms with E-state index in [-0.39, 0.29) is 18.8 Å². The van der Waals surface area contributed by atoms with Gasteiger partial charge >= 0.3 is 17.9 Å². The van der Waals surface area contributed by atoms with E-state index < -0.39 is 31.1 Å². The van der Waals surface area contributed by atoms with Crippen LogP contribution in [0.1, 0.15) is 26.2 Å². The zero-order chi connectivity index (χ0) is 15.4. The average molecular weight is 290 g/mol. The molecule has 0 aliphatic rings. The van der Waals surface area contributed by atoms with Crippen molar-refractivity contribution >= 4 is 23.7 Å². The van der Waals surface area contributed by atoms with E-state index in [1.807, 2.05) is 0 Å². The number of ether oxygens (including phenoxy) is 4. The molecule has 0 saturated heterocycles. The van der Waals surface area contributed by atoms with E-state index in [1.54, 1.807) is 0 Å². The fraction of sp³-hybridized carbons (Fsp3) is 0.667. The lowest BCUT2D eigenvalue weighted by Gasteiger charge is -2.06. The summed E-state index contributed by atoms with van der Waals surface area (Å²) in [7, 11) is 1.52. The zero-order valence-electron chi connectivity index (χ0n) is 11.5. The van der Waals surface area contributed by atoms with Crippen molar-refractivity contribution in [2.24, 2.45) is 0 Å². The van der Waals surface area contributed by atoms with Crippen molar-refractivity contribution in [1.29, 1.82) is 0 Å². The third-order valence-electron chi connectivity index (χ3n) is 1.88. The number of hydrogen-bond acceptors (Lipinski definition) is 8. The van der Waals surface area contributed by atoms with Gasteiger partial charge in [-0.15, -0.1) is 0 Å². The summed E-state index contributed by atoms with van der Waals surface area (Å²) < 4.78 is 18.4. The molecule has 0 amide bonds. The quantitative estimate of drug-likeness (QED) is 0.239. The Bertz CT molecular complexity index is 349. The Labute approximate surface area is 116 Å². The van der Waals surface area contributed by atoms with Gasteiger partial charge < -0.3 is 18.9 Å². The predicted molar refractivity (Wildman–Crippen MR) is 64.4 cm³/mol. The van der Waals surface area contributed by atoms with Crippen LogP contribution in [0.15, 0.2) is 0 Å². The second-order valence-electron chi connectivity index (χ2n) is 3.77. The SMILES string of the molecule is COCCCOC(=O)CC(=O)OCOC(=O)CC(C)=O. The number of carbonyl (C=O) groups is 4. The fourth-order valence-corrected chi connectivity index (χ4v) is 1.02. The highest BCUT2D eigenvalue weighted by Gasteiger charge is 2.13. The van der Waals surface area contributed by atoms with Crippen molar-refractivity contribution in [1.82, 2.24) is 0 Å². The molecule has 0 saturated carbocycles. The molecule has 0 heterocycles. The third kappa shape index (κ3) is 11.1. The minimum absolute atomic E-state index is 0.146. The number of Topliss-reactive ketones (excluding diaryl/α,β-unsaturated/α-hetero) is 1. The molecular weight excluding hydrogens is 272 g/mol. The molecule has 0 atom stereocenters. The van der Waals surface area contributed by atoms with Crippen LogP contribution in [0.3, 0.4) is 0 Å². The van der Waals surface area contributed by atoms with Crippen molar-refractivity contribution in [2.75, 3.05) is 27.1 Å². The largest absolute Gasteiger partial charge is 0.465 e. The maximum Gasteiger partial charge on any atom is 0.320 e. The minimum Gasteiger partial charge on any atom is -0.465 e. The van der Waals surface area contributed by atoms with Gasteiger partial charge in [-0.25, -0.2) is 0 Å². The highest BCUT2D eigenvalue weighted by molar-refractivity contribution is 5.94. The van der Waals surface area contributed by atoms with E-state index >= 15 is 0 Å². The summed E-state index contributed by atoms with van der Waals surface area (Å²) in [4.78, 5) is 43.8. The Morgan fingerprint density at radius 2 is 1.35 bits per heavy atom. The predicted octanol–water partition coefficient (Wildman–Crippen LogP) is -0.0208. The maximum absolute atomic E-state index is 11.1. The van der Waals surface area contributed by atoms with Gasteiger partial charge in [-0.3, -0.25) is 19.2 Å². The van der Waals surface area contributed by atoms with Gasteiger partial charge in [0.2, 0.25) is 6.79 Å². The second-order valence-corrected chi connectivity index (χ2v) is 3.77. The molecule has 8 heteroatoms. The summed E-state index contributed by atoms with van der Waals surface area (Å²) in [6.07, 6.45) is -0.434. The summed E-state index contributed by atoms with van der Waals surface area (Å²) >= 11 is 0. The third-order valence-corrected chi connectivity index (χ3v) is 1.88. The average Bonchev–Trinajstić information content (AvgIpc) is 2.33. The molecule has 0 aliphatic carbocycles. The molecule has 0 bridgehead atoms. The van der Waals surface area contributed by atoms with E-state index in [2.05, 4.69) is 9.47 Å². The summed E-state index contributed by atoms with van der Waals surface area (Å²) in [5.41, 5.74) is 0. The molecule has 0 aromatic rings. The standard InChI is InChI=1S/C12H18O8/c1-9(13)6-10(14)19-8-20-12(16)7-11(15)18-5-3-4-17-2/h3-8H2,1-2H3. The molecule has 8 nitrogen and oxygen atoms in total. The van der Waals surface area contributed by atoms with Gasteiger partial charge in [0.1, 0.15) is 18.6 Å². The van der Waals surface area contributed by atoms with Gasteiger partial charge in [-0.05, 0) is 6.92 Å². The normalized spacial score (nSPS) is 9.70. The van der Waals surface area contributed by atoms with Crippen LogP contribution in [0.5, 0.6) is 0 Å². The summed E-state index contributed by atoms with van der Waals surface area (Å²) in [5, 5.41) is 0. The Morgan fingerprint density at radius 3 is 1.90 bits per heavy atom. The van der Waals surface area contributed by atoms with E-state index in [0.29, 0.717) is 13.0 Å². The monoisotopic (exact) mass is 290 g/mol. The van der Waals surface area contributed by atoms with Gasteiger partial charge in [0.25, 0.3) is 0 Å². The van der Waals surface area contributed by atoms with E-state index in [0.717, 1.165) is 0 Å². The van der Waals surface area contributed by atoms with Gasteiger partial charge in [0, 0.05) is 20.1 Å². The number of esters is 3. The number of carbonyl (C=O) groups excluding carboxylic acids is 4. The molecule has 0 unspecified atom stereocenters. The Kier molecular flexibility index (Phi) is 9.85. The zero-order valence-corrected chi connectivity index (χ0v) is 11.5. The smallest absolute Gasteiger partial charge is 0.320 e. The van der Waals surface area contributed by atoms with Crippen LogP contribution < -0.4 is 0 Å². The van der Waals surface area contributed by atoms with Gasteiger partial charge in [-0.1, -0.05) is 0 Å². The van der Waals surface area contributed by atoms with E-state index in [9.17, 15) is 19.2 Å². The van der Waals surface area contributed by atoms with Crippen LogP contribution >= 0.6 is 0 Å². The molecule has 114 valence electrons. The van der Waals surface area contributed by atoms with E-state index in [1.165, 1.54) is 14.0 Å². The summed E-state index contributed by atoms with van der Waals surface area (Å²) in [6.45, 7) is 1.19. The summed E-state index contributed by atoms with van der Waals surface area (Å²) in [6, 6.07) is 0. The number of methoxy groups -OCH3 is 1. The first-order valence-corrected chi connectivity index (χ1v) is 5.91. The van der Waals surface area contributed by atoms with Gasteiger partial charge in [-0.2, -0.15) is 0 Å². The van der Waals surface area contributed by atoms with E-state index in [4.69, 9.17) is 9.47 Å². The van der Waals surface area contributed by atoms with Crippen molar-refractivity contribution in [3.8, 4) is 0 Å². The molecule has 0 aromatic heterocycles. The molecule has 0 N–H and O–H groups in total. The van der Waals surface area contributed by atoms with Crippen LogP contribution in [0.2, 0.25) is 0 Å². The molecule has 20 heavy (non-hydrogen) atoms. The minimum atomic E-state index is -0.877. The van der Waals surface area contributed by atoms with Crippen LogP contribution in [-0.2, 0) is 38.1 Å². The van der Waals surface area contributed by atoms with Crippen molar-refractivity contribution in [3.05, 3.63) is 0 Å². The Morgan fingerprint density at radius 1 is 0.800 bits per heavy atom. The first-order chi connectivity index (χ1) is 9.45. The van der Waals surface area contributed by atoms with Crippen LogP contribution in [0.4, 0.5) is 0 Å². The number of hydrogen-bond donors (Lipinski definition) is 0. The Hall–Kier alpha value is -1.96. The molecular formula is C12H18O8. The van der Waals surface area contributed by atoms with Crippen molar-refractivity contribution in [3.63, 3.8) is 0 Å². The molecule has 0 aromatic carbocycles. The van der Waals surface area contributed by atoms with Crippen LogP contribution in [-0.4, -0.2) is 50.8 Å². The molecule has 0 radical (unpaired) electrons. The van der Waals surface area contributed by atoms with Crippen molar-refractivity contribution in [2.45, 2.75) is 26.2 Å². The van der Waals surface area contributed by atoms with Crippen LogP contribution in [0.25, 0.3) is 0 Å². The van der Waals surface area contributed by atoms with Crippen LogP contribution in [0, 0.1) is 0 Å². The summed E-state index contributed by atoms with van der Waals surface area (Å²) in [5.74, 6) is -2.77. The fourth-order valence-electron chi connectivity index (χ4n) is 1.02. The first-order valence-electron chi connectivity index (χ1n) is 5.91. The molecule has 0 fully saturated rings. The topological polar surface area (TPSA) is 105 Å². The number of ketones is 1. The highest BCUT2D eigenvalue weighted by Crippen LogP contribution is 1.95. The first kappa shape index (κ1) is 18.0. The lowest BCUT2D eigenvalue weighted by molar-refractivity contribution is -0.169. The molecule has 0 rings (SSSR count). The lowest BCUT2D eigenvalue weighted by atomic mass is 10.3. The Balaban J connectivity index is 3.64. The molecule has 0 spiro atoms. The highest BCUT2D eigenvalue weighted by atomic mass is 16.7. The second kappa shape index (κ2) is 10.9. The van der Waals surface area contributed by atoms with Gasteiger partial charge in [0.05, 0.1) is 6.61 Å². The van der Waals surface area contributed by atoms with Gasteiger partial charge in [0.15, 0.2) is 0 Å². The number of rotatable bonds is 10. The maximum atomic E-state index is 11.1. The molecule has 0 aliphatic heterocycles. The van der Waals surface area contributed by atoms with Crippen molar-refractivity contribution < 1.29 is 38.1 Å². The lowest BCUT2D eigenvalue weighted by Crippen LogP contribution is -2.18.